The van der Waals surface area contributed by atoms with Crippen LogP contribution in [0.2, 0.25) is 0 Å². The summed E-state index contributed by atoms with van der Waals surface area (Å²) >= 11 is 0. The lowest BCUT2D eigenvalue weighted by Gasteiger charge is -2.32. The number of benzene rings is 2. The maximum absolute atomic E-state index is 6.05. The first-order chi connectivity index (χ1) is 11.9. The van der Waals surface area contributed by atoms with E-state index in [1.54, 1.807) is 0 Å². The Morgan fingerprint density at radius 2 is 1.20 bits per heavy atom. The van der Waals surface area contributed by atoms with E-state index < -0.39 is 0 Å². The predicted molar refractivity (Wildman–Crippen MR) is 99.6 cm³/mol. The van der Waals surface area contributed by atoms with E-state index >= 15 is 0 Å². The fraction of sp³-hybridized carbons (Fsp3) is 0.400. The van der Waals surface area contributed by atoms with Crippen molar-refractivity contribution >= 4 is 12.6 Å². The van der Waals surface area contributed by atoms with Gasteiger partial charge in [-0.1, -0.05) is 30.3 Å². The van der Waals surface area contributed by atoms with E-state index in [-0.39, 0.29) is 18.3 Å². The van der Waals surface area contributed by atoms with Crippen LogP contribution in [-0.2, 0) is 9.31 Å². The lowest BCUT2D eigenvalue weighted by molar-refractivity contribution is 0.00578. The van der Waals surface area contributed by atoms with Crippen LogP contribution in [0, 0.1) is 0 Å². The van der Waals surface area contributed by atoms with Gasteiger partial charge in [0.25, 0.3) is 0 Å². The van der Waals surface area contributed by atoms with Crippen molar-refractivity contribution < 1.29 is 18.8 Å². The van der Waals surface area contributed by atoms with E-state index in [0.717, 1.165) is 17.0 Å². The first-order valence-electron chi connectivity index (χ1n) is 8.64. The van der Waals surface area contributed by atoms with Crippen LogP contribution in [-0.4, -0.2) is 31.5 Å². The molecule has 4 nitrogen and oxygen atoms in total. The van der Waals surface area contributed by atoms with Gasteiger partial charge in [0, 0.05) is 0 Å². The van der Waals surface area contributed by atoms with Crippen molar-refractivity contribution in [2.45, 2.75) is 38.9 Å². The minimum absolute atomic E-state index is 0.332. The summed E-state index contributed by atoms with van der Waals surface area (Å²) in [4.78, 5) is 0. The Morgan fingerprint density at radius 1 is 0.720 bits per heavy atom. The van der Waals surface area contributed by atoms with Crippen molar-refractivity contribution in [3.63, 3.8) is 0 Å². The van der Waals surface area contributed by atoms with Crippen LogP contribution in [0.25, 0.3) is 0 Å². The van der Waals surface area contributed by atoms with Crippen LogP contribution >= 0.6 is 0 Å². The molecule has 0 unspecified atom stereocenters. The molecule has 0 amide bonds. The monoisotopic (exact) mass is 340 g/mol. The molecule has 1 aliphatic heterocycles. The molecule has 0 aliphatic carbocycles. The van der Waals surface area contributed by atoms with E-state index in [1.165, 1.54) is 0 Å². The highest BCUT2D eigenvalue weighted by atomic mass is 16.7. The Bertz CT molecular complexity index is 667. The Labute approximate surface area is 150 Å². The van der Waals surface area contributed by atoms with Gasteiger partial charge in [-0.15, -0.1) is 0 Å². The molecular weight excluding hydrogens is 315 g/mol. The van der Waals surface area contributed by atoms with E-state index in [2.05, 4.69) is 27.7 Å². The fourth-order valence-corrected chi connectivity index (χ4v) is 2.54. The Morgan fingerprint density at radius 3 is 1.72 bits per heavy atom. The molecule has 132 valence electrons. The zero-order valence-electron chi connectivity index (χ0n) is 15.3. The van der Waals surface area contributed by atoms with E-state index in [4.69, 9.17) is 18.8 Å². The van der Waals surface area contributed by atoms with Crippen LogP contribution < -0.4 is 14.9 Å². The van der Waals surface area contributed by atoms with Crippen LogP contribution in [0.15, 0.2) is 54.6 Å². The third-order valence-electron chi connectivity index (χ3n) is 4.77. The largest absolute Gasteiger partial charge is 0.494 e. The van der Waals surface area contributed by atoms with Gasteiger partial charge < -0.3 is 18.8 Å². The zero-order valence-corrected chi connectivity index (χ0v) is 15.3. The molecule has 1 fully saturated rings. The summed E-state index contributed by atoms with van der Waals surface area (Å²) in [7, 11) is -0.347. The molecule has 2 aromatic rings. The highest BCUT2D eigenvalue weighted by Crippen LogP contribution is 2.36. The van der Waals surface area contributed by atoms with Crippen molar-refractivity contribution in [3.05, 3.63) is 54.6 Å². The van der Waals surface area contributed by atoms with Gasteiger partial charge in [-0.25, -0.2) is 0 Å². The first kappa shape index (κ1) is 17.8. The van der Waals surface area contributed by atoms with Crippen LogP contribution in [0.3, 0.4) is 0 Å². The van der Waals surface area contributed by atoms with Crippen LogP contribution in [0.1, 0.15) is 27.7 Å². The number of para-hydroxylation sites is 1. The second kappa shape index (κ2) is 7.10. The van der Waals surface area contributed by atoms with Gasteiger partial charge in [-0.3, -0.25) is 0 Å². The zero-order chi connectivity index (χ0) is 17.9. The predicted octanol–water partition coefficient (Wildman–Crippen LogP) is 3.44. The molecule has 0 spiro atoms. The molecule has 25 heavy (non-hydrogen) atoms. The molecule has 0 radical (unpaired) electrons. The Kier molecular flexibility index (Phi) is 5.07. The number of rotatable bonds is 6. The van der Waals surface area contributed by atoms with Crippen molar-refractivity contribution in [2.75, 3.05) is 13.2 Å². The van der Waals surface area contributed by atoms with Gasteiger partial charge in [-0.2, -0.15) is 0 Å². The van der Waals surface area contributed by atoms with Crippen LogP contribution in [0.4, 0.5) is 0 Å². The van der Waals surface area contributed by atoms with Gasteiger partial charge in [0.15, 0.2) is 0 Å². The van der Waals surface area contributed by atoms with Crippen molar-refractivity contribution in [2.24, 2.45) is 0 Å². The number of hydrogen-bond acceptors (Lipinski definition) is 4. The smallest absolute Gasteiger partial charge is 0.490 e. The molecular formula is C20H25BO4. The molecule has 1 saturated heterocycles. The molecule has 1 heterocycles. The average molecular weight is 340 g/mol. The summed E-state index contributed by atoms with van der Waals surface area (Å²) in [6, 6.07) is 17.6. The summed E-state index contributed by atoms with van der Waals surface area (Å²) in [6.45, 7) is 9.20. The SMILES string of the molecule is CC1(C)OB(c2ccc(OCCOc3ccccc3)cc2)OC1(C)C. The molecule has 3 rings (SSSR count). The van der Waals surface area contributed by atoms with E-state index in [0.29, 0.717) is 13.2 Å². The minimum Gasteiger partial charge on any atom is -0.490 e. The van der Waals surface area contributed by atoms with Gasteiger partial charge in [0.05, 0.1) is 11.2 Å². The minimum atomic E-state index is -0.347. The quantitative estimate of drug-likeness (QED) is 0.596. The van der Waals surface area contributed by atoms with Crippen molar-refractivity contribution in [3.8, 4) is 11.5 Å². The van der Waals surface area contributed by atoms with Gasteiger partial charge in [0.1, 0.15) is 24.7 Å². The van der Waals surface area contributed by atoms with Crippen molar-refractivity contribution in [1.82, 2.24) is 0 Å². The lowest BCUT2D eigenvalue weighted by Crippen LogP contribution is -2.41. The fourth-order valence-electron chi connectivity index (χ4n) is 2.54. The topological polar surface area (TPSA) is 36.9 Å². The highest BCUT2D eigenvalue weighted by molar-refractivity contribution is 6.62. The van der Waals surface area contributed by atoms with Gasteiger partial charge >= 0.3 is 7.12 Å². The Hall–Kier alpha value is -1.98. The summed E-state index contributed by atoms with van der Waals surface area (Å²) in [5, 5.41) is 0. The second-order valence-electron chi connectivity index (χ2n) is 7.17. The molecule has 1 aliphatic rings. The van der Waals surface area contributed by atoms with Crippen molar-refractivity contribution in [1.29, 1.82) is 0 Å². The summed E-state index contributed by atoms with van der Waals surface area (Å²) in [5.74, 6) is 1.65. The second-order valence-corrected chi connectivity index (χ2v) is 7.17. The highest BCUT2D eigenvalue weighted by Gasteiger charge is 2.51. The summed E-state index contributed by atoms with van der Waals surface area (Å²) in [5.41, 5.74) is 0.329. The average Bonchev–Trinajstić information content (AvgIpc) is 2.81. The molecule has 0 saturated carbocycles. The molecule has 0 atom stereocenters. The number of hydrogen-bond donors (Lipinski definition) is 0. The van der Waals surface area contributed by atoms with E-state index in [1.807, 2.05) is 54.6 Å². The standard InChI is InChI=1S/C20H25BO4/c1-19(2)20(3,4)25-21(24-19)16-10-12-18(13-11-16)23-15-14-22-17-8-6-5-7-9-17/h5-13H,14-15H2,1-4H3. The molecule has 0 aromatic heterocycles. The Balaban J connectivity index is 1.49. The molecule has 5 heteroatoms. The summed E-state index contributed by atoms with van der Waals surface area (Å²) in [6.07, 6.45) is 0. The number of ether oxygens (including phenoxy) is 2. The molecule has 0 N–H and O–H groups in total. The third kappa shape index (κ3) is 4.17. The van der Waals surface area contributed by atoms with Gasteiger partial charge in [-0.05, 0) is 57.4 Å². The normalized spacial score (nSPS) is 18.2. The third-order valence-corrected chi connectivity index (χ3v) is 4.77. The maximum Gasteiger partial charge on any atom is 0.494 e. The first-order valence-corrected chi connectivity index (χ1v) is 8.64. The van der Waals surface area contributed by atoms with Gasteiger partial charge in [0.2, 0.25) is 0 Å². The van der Waals surface area contributed by atoms with Crippen LogP contribution in [0.5, 0.6) is 11.5 Å². The maximum atomic E-state index is 6.05. The lowest BCUT2D eigenvalue weighted by atomic mass is 9.79. The molecule has 2 aromatic carbocycles. The van der Waals surface area contributed by atoms with E-state index in [9.17, 15) is 0 Å². The summed E-state index contributed by atoms with van der Waals surface area (Å²) < 4.78 is 23.4. The molecule has 0 bridgehead atoms.